The van der Waals surface area contributed by atoms with E-state index in [1.54, 1.807) is 0 Å². The van der Waals surface area contributed by atoms with Gasteiger partial charge in [0.25, 0.3) is 0 Å². The number of fused-ring (bicyclic) bond motifs is 1. The van der Waals surface area contributed by atoms with Gasteiger partial charge in [-0.3, -0.25) is 0 Å². The van der Waals surface area contributed by atoms with Crippen molar-refractivity contribution in [2.24, 2.45) is 0 Å². The van der Waals surface area contributed by atoms with E-state index in [1.807, 2.05) is 54.6 Å². The van der Waals surface area contributed by atoms with Crippen LogP contribution >= 0.6 is 11.6 Å². The Morgan fingerprint density at radius 2 is 1.63 bits per heavy atom. The third-order valence-electron chi connectivity index (χ3n) is 3.02. The Kier molecular flexibility index (Phi) is 2.91. The van der Waals surface area contributed by atoms with Gasteiger partial charge in [0.15, 0.2) is 0 Å². The van der Waals surface area contributed by atoms with Crippen LogP contribution in [-0.4, -0.2) is 4.98 Å². The second-order valence-corrected chi connectivity index (χ2v) is 4.51. The molecule has 0 N–H and O–H groups in total. The number of halogens is 1. The van der Waals surface area contributed by atoms with Crippen molar-refractivity contribution in [3.05, 3.63) is 65.3 Å². The lowest BCUT2D eigenvalue weighted by Gasteiger charge is -2.09. The Hall–Kier alpha value is -2.37. The zero-order valence-electron chi connectivity index (χ0n) is 9.97. The number of hydrogen-bond acceptors (Lipinski definition) is 2. The van der Waals surface area contributed by atoms with E-state index in [0.29, 0.717) is 16.3 Å². The summed E-state index contributed by atoms with van der Waals surface area (Å²) in [6.45, 7) is 0. The molecule has 90 valence electrons. The van der Waals surface area contributed by atoms with E-state index in [1.165, 1.54) is 0 Å². The summed E-state index contributed by atoms with van der Waals surface area (Å²) in [6, 6.07) is 19.4. The fourth-order valence-electron chi connectivity index (χ4n) is 2.17. The Morgan fingerprint density at radius 1 is 0.947 bits per heavy atom. The molecule has 2 aromatic carbocycles. The van der Waals surface area contributed by atoms with Crippen molar-refractivity contribution in [2.45, 2.75) is 0 Å². The van der Waals surface area contributed by atoms with Crippen molar-refractivity contribution in [1.29, 1.82) is 5.26 Å². The Labute approximate surface area is 115 Å². The van der Waals surface area contributed by atoms with Crippen molar-refractivity contribution in [3.63, 3.8) is 0 Å². The monoisotopic (exact) mass is 264 g/mol. The highest BCUT2D eigenvalue weighted by molar-refractivity contribution is 6.33. The Bertz CT molecular complexity index is 789. The predicted molar refractivity (Wildman–Crippen MR) is 76.9 cm³/mol. The van der Waals surface area contributed by atoms with Crippen LogP contribution in [0.2, 0.25) is 5.15 Å². The van der Waals surface area contributed by atoms with E-state index in [2.05, 4.69) is 11.1 Å². The quantitative estimate of drug-likeness (QED) is 0.610. The van der Waals surface area contributed by atoms with Gasteiger partial charge < -0.3 is 0 Å². The molecule has 0 atom stereocenters. The minimum absolute atomic E-state index is 0.362. The predicted octanol–water partition coefficient (Wildman–Crippen LogP) is 4.43. The second-order valence-electron chi connectivity index (χ2n) is 4.15. The molecule has 0 aliphatic rings. The summed E-state index contributed by atoms with van der Waals surface area (Å²) in [5.41, 5.74) is 2.91. The summed E-state index contributed by atoms with van der Waals surface area (Å²) in [5.74, 6) is 0. The lowest BCUT2D eigenvalue weighted by atomic mass is 9.99. The van der Waals surface area contributed by atoms with Crippen molar-refractivity contribution in [2.75, 3.05) is 0 Å². The molecule has 0 aliphatic carbocycles. The number of nitrogens with zero attached hydrogens (tertiary/aromatic N) is 2. The highest BCUT2D eigenvalue weighted by Crippen LogP contribution is 2.34. The maximum Gasteiger partial charge on any atom is 0.138 e. The minimum atomic E-state index is 0.362. The Morgan fingerprint density at radius 3 is 2.37 bits per heavy atom. The fourth-order valence-corrected chi connectivity index (χ4v) is 2.46. The minimum Gasteiger partial charge on any atom is -0.235 e. The first-order valence-corrected chi connectivity index (χ1v) is 6.23. The Balaban J connectivity index is 2.43. The standard InChI is InChI=1S/C16H9ClN2/c17-16-15(11-6-2-1-3-7-11)13(10-18)12-8-4-5-9-14(12)19-16/h1-9H. The first kappa shape index (κ1) is 11.7. The highest BCUT2D eigenvalue weighted by Gasteiger charge is 2.14. The molecule has 0 fully saturated rings. The number of nitriles is 1. The average molecular weight is 265 g/mol. The third kappa shape index (κ3) is 1.95. The molecule has 1 heterocycles. The first-order chi connectivity index (χ1) is 9.31. The van der Waals surface area contributed by atoms with Crippen LogP contribution in [0.4, 0.5) is 0 Å². The van der Waals surface area contributed by atoms with Crippen LogP contribution in [0.25, 0.3) is 22.0 Å². The lowest BCUT2D eigenvalue weighted by Crippen LogP contribution is -1.92. The van der Waals surface area contributed by atoms with E-state index >= 15 is 0 Å². The molecule has 0 unspecified atom stereocenters. The van der Waals surface area contributed by atoms with Crippen molar-refractivity contribution in [3.8, 4) is 17.2 Å². The fraction of sp³-hybridized carbons (Fsp3) is 0. The van der Waals surface area contributed by atoms with Gasteiger partial charge in [-0.25, -0.2) is 4.98 Å². The van der Waals surface area contributed by atoms with Gasteiger partial charge in [0, 0.05) is 10.9 Å². The number of rotatable bonds is 1. The van der Waals surface area contributed by atoms with E-state index in [-0.39, 0.29) is 0 Å². The van der Waals surface area contributed by atoms with Gasteiger partial charge in [-0.2, -0.15) is 5.26 Å². The molecule has 3 rings (SSSR count). The number of pyridine rings is 1. The largest absolute Gasteiger partial charge is 0.235 e. The van der Waals surface area contributed by atoms with Crippen LogP contribution in [0.15, 0.2) is 54.6 Å². The molecular weight excluding hydrogens is 256 g/mol. The molecule has 0 aliphatic heterocycles. The summed E-state index contributed by atoms with van der Waals surface area (Å²) < 4.78 is 0. The summed E-state index contributed by atoms with van der Waals surface area (Å²) in [4.78, 5) is 4.37. The molecule has 3 heteroatoms. The molecule has 19 heavy (non-hydrogen) atoms. The molecular formula is C16H9ClN2. The number of para-hydroxylation sites is 1. The number of aromatic nitrogens is 1. The van der Waals surface area contributed by atoms with Gasteiger partial charge in [-0.15, -0.1) is 0 Å². The number of hydrogen-bond donors (Lipinski definition) is 0. The third-order valence-corrected chi connectivity index (χ3v) is 3.30. The van der Waals surface area contributed by atoms with Gasteiger partial charge in [0.05, 0.1) is 11.1 Å². The van der Waals surface area contributed by atoms with Crippen LogP contribution in [-0.2, 0) is 0 Å². The van der Waals surface area contributed by atoms with Gasteiger partial charge in [0.1, 0.15) is 11.2 Å². The van der Waals surface area contributed by atoms with Crippen LogP contribution in [0, 0.1) is 11.3 Å². The molecule has 0 saturated carbocycles. The van der Waals surface area contributed by atoms with Crippen LogP contribution in [0.1, 0.15) is 5.56 Å². The summed E-state index contributed by atoms with van der Waals surface area (Å²) in [5, 5.41) is 10.7. The molecule has 2 nitrogen and oxygen atoms in total. The van der Waals surface area contributed by atoms with Crippen molar-refractivity contribution < 1.29 is 0 Å². The van der Waals surface area contributed by atoms with Crippen molar-refractivity contribution >= 4 is 22.5 Å². The van der Waals surface area contributed by atoms with Crippen LogP contribution < -0.4 is 0 Å². The SMILES string of the molecule is N#Cc1c(-c2ccccc2)c(Cl)nc2ccccc12. The molecule has 0 bridgehead atoms. The van der Waals surface area contributed by atoms with Crippen LogP contribution in [0.5, 0.6) is 0 Å². The molecule has 3 aromatic rings. The highest BCUT2D eigenvalue weighted by atomic mass is 35.5. The summed E-state index contributed by atoms with van der Waals surface area (Å²) in [6.07, 6.45) is 0. The topological polar surface area (TPSA) is 36.7 Å². The molecule has 0 spiro atoms. The van der Waals surface area contributed by atoms with E-state index < -0.39 is 0 Å². The van der Waals surface area contributed by atoms with Gasteiger partial charge >= 0.3 is 0 Å². The second kappa shape index (κ2) is 4.72. The molecule has 0 saturated heterocycles. The first-order valence-electron chi connectivity index (χ1n) is 5.85. The number of benzene rings is 2. The van der Waals surface area contributed by atoms with Gasteiger partial charge in [-0.1, -0.05) is 60.1 Å². The molecule has 0 amide bonds. The zero-order valence-corrected chi connectivity index (χ0v) is 10.7. The van der Waals surface area contributed by atoms with E-state index in [4.69, 9.17) is 11.6 Å². The van der Waals surface area contributed by atoms with Gasteiger partial charge in [0.2, 0.25) is 0 Å². The molecule has 1 aromatic heterocycles. The molecule has 0 radical (unpaired) electrons. The maximum absolute atomic E-state index is 9.47. The van der Waals surface area contributed by atoms with Crippen molar-refractivity contribution in [1.82, 2.24) is 4.98 Å². The smallest absolute Gasteiger partial charge is 0.138 e. The lowest BCUT2D eigenvalue weighted by molar-refractivity contribution is 1.38. The average Bonchev–Trinajstić information content (AvgIpc) is 2.46. The zero-order chi connectivity index (χ0) is 13.2. The van der Waals surface area contributed by atoms with Crippen LogP contribution in [0.3, 0.4) is 0 Å². The summed E-state index contributed by atoms with van der Waals surface area (Å²) >= 11 is 6.26. The normalized spacial score (nSPS) is 10.3. The maximum atomic E-state index is 9.47. The van der Waals surface area contributed by atoms with E-state index in [9.17, 15) is 5.26 Å². The van der Waals surface area contributed by atoms with Gasteiger partial charge in [-0.05, 0) is 11.6 Å². The summed E-state index contributed by atoms with van der Waals surface area (Å²) in [7, 11) is 0. The van der Waals surface area contributed by atoms with E-state index in [0.717, 1.165) is 16.5 Å².